The average molecular weight is 304 g/mol. The second-order valence-electron chi connectivity index (χ2n) is 3.84. The molecule has 0 atom stereocenters. The summed E-state index contributed by atoms with van der Waals surface area (Å²) in [5, 5.41) is 1.02. The lowest BCUT2D eigenvalue weighted by atomic mass is 10.2. The highest BCUT2D eigenvalue weighted by molar-refractivity contribution is 9.10. The number of halogens is 1. The molecule has 0 unspecified atom stereocenters. The van der Waals surface area contributed by atoms with Crippen LogP contribution in [0.4, 0.5) is 5.82 Å². The summed E-state index contributed by atoms with van der Waals surface area (Å²) in [5.74, 6) is 0.904. The smallest absolute Gasteiger partial charge is 0.140 e. The Morgan fingerprint density at radius 2 is 1.89 bits per heavy atom. The predicted molar refractivity (Wildman–Crippen MR) is 79.8 cm³/mol. The highest BCUT2D eigenvalue weighted by Gasteiger charge is 2.10. The van der Waals surface area contributed by atoms with Crippen LogP contribution in [-0.4, -0.2) is 23.1 Å². The average Bonchev–Trinajstić information content (AvgIpc) is 2.38. The van der Waals surface area contributed by atoms with Crippen LogP contribution in [-0.2, 0) is 0 Å². The molecule has 1 heterocycles. The minimum Gasteiger partial charge on any atom is -0.349 e. The molecule has 0 radical (unpaired) electrons. The van der Waals surface area contributed by atoms with E-state index in [0.29, 0.717) is 0 Å². The molecular weight excluding hydrogens is 290 g/mol. The maximum atomic E-state index is 4.38. The molecule has 0 aliphatic carbocycles. The van der Waals surface area contributed by atoms with Crippen molar-refractivity contribution < 1.29 is 0 Å². The van der Waals surface area contributed by atoms with E-state index in [1.54, 1.807) is 6.33 Å². The molecule has 2 aromatic rings. The zero-order valence-corrected chi connectivity index (χ0v) is 11.6. The Hall–Kier alpha value is -1.68. The van der Waals surface area contributed by atoms with E-state index in [0.717, 1.165) is 34.3 Å². The van der Waals surface area contributed by atoms with Gasteiger partial charge in [0, 0.05) is 22.9 Å². The van der Waals surface area contributed by atoms with Crippen LogP contribution in [0.2, 0.25) is 0 Å². The first-order valence-corrected chi connectivity index (χ1v) is 6.42. The molecule has 0 fully saturated rings. The minimum atomic E-state index is 0.727. The van der Waals surface area contributed by atoms with Crippen LogP contribution in [0.3, 0.4) is 0 Å². The van der Waals surface area contributed by atoms with Crippen molar-refractivity contribution in [1.29, 1.82) is 0 Å². The van der Waals surface area contributed by atoms with Gasteiger partial charge in [-0.2, -0.15) is 0 Å². The maximum Gasteiger partial charge on any atom is 0.140 e. The quantitative estimate of drug-likeness (QED) is 0.791. The van der Waals surface area contributed by atoms with Crippen molar-refractivity contribution in [2.75, 3.05) is 18.0 Å². The van der Waals surface area contributed by atoms with Crippen molar-refractivity contribution in [2.45, 2.75) is 0 Å². The Kier molecular flexibility index (Phi) is 4.10. The van der Waals surface area contributed by atoms with Crippen molar-refractivity contribution in [1.82, 2.24) is 9.97 Å². The van der Waals surface area contributed by atoms with E-state index >= 15 is 0 Å². The van der Waals surface area contributed by atoms with Crippen molar-refractivity contribution in [3.8, 4) is 0 Å². The molecule has 0 saturated carbocycles. The third-order valence-corrected chi connectivity index (χ3v) is 3.07. The number of benzene rings is 1. The summed E-state index contributed by atoms with van der Waals surface area (Å²) in [7, 11) is 0. The number of hydrogen-bond acceptors (Lipinski definition) is 3. The van der Waals surface area contributed by atoms with Gasteiger partial charge in [0.05, 0.1) is 5.52 Å². The lowest BCUT2D eigenvalue weighted by molar-refractivity contribution is 0.928. The van der Waals surface area contributed by atoms with Gasteiger partial charge in [0.25, 0.3) is 0 Å². The zero-order valence-electron chi connectivity index (χ0n) is 10.0. The second-order valence-corrected chi connectivity index (χ2v) is 4.76. The molecule has 0 aliphatic rings. The first-order valence-electron chi connectivity index (χ1n) is 5.63. The highest BCUT2D eigenvalue weighted by atomic mass is 79.9. The Bertz CT molecular complexity index is 570. The molecule has 1 aromatic carbocycles. The van der Waals surface area contributed by atoms with Crippen LogP contribution >= 0.6 is 15.9 Å². The van der Waals surface area contributed by atoms with Crippen LogP contribution < -0.4 is 4.90 Å². The normalized spacial score (nSPS) is 10.3. The van der Waals surface area contributed by atoms with Gasteiger partial charge in [-0.15, -0.1) is 13.2 Å². The molecule has 0 saturated heterocycles. The SMILES string of the molecule is C=CCN(CC=C)c1ncnc2ccc(Br)cc12. The highest BCUT2D eigenvalue weighted by Crippen LogP contribution is 2.25. The van der Waals surface area contributed by atoms with E-state index in [-0.39, 0.29) is 0 Å². The summed E-state index contributed by atoms with van der Waals surface area (Å²) in [4.78, 5) is 10.8. The van der Waals surface area contributed by atoms with E-state index in [1.165, 1.54) is 0 Å². The summed E-state index contributed by atoms with van der Waals surface area (Å²) >= 11 is 3.48. The Morgan fingerprint density at radius 3 is 2.56 bits per heavy atom. The maximum absolute atomic E-state index is 4.38. The van der Waals surface area contributed by atoms with E-state index < -0.39 is 0 Å². The van der Waals surface area contributed by atoms with Gasteiger partial charge < -0.3 is 4.90 Å². The molecule has 0 aliphatic heterocycles. The standard InChI is InChI=1S/C14H14BrN3/c1-3-7-18(8-4-2)14-12-9-11(15)5-6-13(12)16-10-17-14/h3-6,9-10H,1-2,7-8H2. The summed E-state index contributed by atoms with van der Waals surface area (Å²) in [6.07, 6.45) is 5.30. The van der Waals surface area contributed by atoms with Crippen LogP contribution in [0.15, 0.2) is 54.3 Å². The summed E-state index contributed by atoms with van der Waals surface area (Å²) in [6.45, 7) is 9.01. The first-order chi connectivity index (χ1) is 8.76. The molecule has 18 heavy (non-hydrogen) atoms. The molecule has 0 N–H and O–H groups in total. The molecule has 1 aromatic heterocycles. The van der Waals surface area contributed by atoms with Gasteiger partial charge in [-0.05, 0) is 18.2 Å². The molecular formula is C14H14BrN3. The first kappa shape index (κ1) is 12.8. The van der Waals surface area contributed by atoms with Gasteiger partial charge in [-0.1, -0.05) is 28.1 Å². The van der Waals surface area contributed by atoms with Gasteiger partial charge in [0.15, 0.2) is 0 Å². The summed E-state index contributed by atoms with van der Waals surface area (Å²) < 4.78 is 1.02. The lowest BCUT2D eigenvalue weighted by Gasteiger charge is -2.21. The van der Waals surface area contributed by atoms with Crippen molar-refractivity contribution in [3.63, 3.8) is 0 Å². The van der Waals surface area contributed by atoms with E-state index in [9.17, 15) is 0 Å². The molecule has 2 rings (SSSR count). The topological polar surface area (TPSA) is 29.0 Å². The van der Waals surface area contributed by atoms with E-state index in [4.69, 9.17) is 0 Å². The predicted octanol–water partition coefficient (Wildman–Crippen LogP) is 3.57. The van der Waals surface area contributed by atoms with Crippen LogP contribution in [0.5, 0.6) is 0 Å². The van der Waals surface area contributed by atoms with Crippen LogP contribution in [0, 0.1) is 0 Å². The van der Waals surface area contributed by atoms with E-state index in [1.807, 2.05) is 30.4 Å². The van der Waals surface area contributed by atoms with Gasteiger partial charge in [-0.25, -0.2) is 9.97 Å². The largest absolute Gasteiger partial charge is 0.349 e. The fraction of sp³-hybridized carbons (Fsp3) is 0.143. The monoisotopic (exact) mass is 303 g/mol. The Labute approximate surface area is 115 Å². The van der Waals surface area contributed by atoms with Crippen molar-refractivity contribution in [3.05, 3.63) is 54.3 Å². The van der Waals surface area contributed by atoms with Crippen molar-refractivity contribution >= 4 is 32.7 Å². The van der Waals surface area contributed by atoms with Crippen LogP contribution in [0.1, 0.15) is 0 Å². The molecule has 3 nitrogen and oxygen atoms in total. The minimum absolute atomic E-state index is 0.727. The number of aromatic nitrogens is 2. The molecule has 0 amide bonds. The molecule has 4 heteroatoms. The Balaban J connectivity index is 2.56. The third-order valence-electron chi connectivity index (χ3n) is 2.57. The van der Waals surface area contributed by atoms with Gasteiger partial charge in [-0.3, -0.25) is 0 Å². The fourth-order valence-electron chi connectivity index (χ4n) is 1.83. The van der Waals surface area contributed by atoms with Gasteiger partial charge in [0.1, 0.15) is 12.1 Å². The van der Waals surface area contributed by atoms with Crippen LogP contribution in [0.25, 0.3) is 10.9 Å². The van der Waals surface area contributed by atoms with Crippen molar-refractivity contribution in [2.24, 2.45) is 0 Å². The third kappa shape index (κ3) is 2.59. The summed E-state index contributed by atoms with van der Waals surface area (Å²) in [5.41, 5.74) is 0.932. The summed E-state index contributed by atoms with van der Waals surface area (Å²) in [6, 6.07) is 5.99. The number of fused-ring (bicyclic) bond motifs is 1. The lowest BCUT2D eigenvalue weighted by Crippen LogP contribution is -2.24. The number of rotatable bonds is 5. The number of nitrogens with zero attached hydrogens (tertiary/aromatic N) is 3. The molecule has 0 bridgehead atoms. The zero-order chi connectivity index (χ0) is 13.0. The molecule has 0 spiro atoms. The van der Waals surface area contributed by atoms with E-state index in [2.05, 4.69) is 44.0 Å². The van der Waals surface area contributed by atoms with Gasteiger partial charge in [0.2, 0.25) is 0 Å². The number of hydrogen-bond donors (Lipinski definition) is 0. The molecule has 92 valence electrons. The Morgan fingerprint density at radius 1 is 1.17 bits per heavy atom. The van der Waals surface area contributed by atoms with Gasteiger partial charge >= 0.3 is 0 Å². The second kappa shape index (κ2) is 5.78. The number of anilines is 1. The fourth-order valence-corrected chi connectivity index (χ4v) is 2.19.